The van der Waals surface area contributed by atoms with E-state index in [1.807, 2.05) is 6.92 Å². The smallest absolute Gasteiger partial charge is 0.315 e. The van der Waals surface area contributed by atoms with Crippen molar-refractivity contribution in [3.8, 4) is 0 Å². The van der Waals surface area contributed by atoms with Crippen LogP contribution in [0, 0.1) is 0 Å². The summed E-state index contributed by atoms with van der Waals surface area (Å²) in [5.41, 5.74) is 0. The molecular weight excluding hydrogens is 172 g/mol. The number of carbonyl (C=O) groups is 1. The molecule has 3 heteroatoms. The monoisotopic (exact) mass is 190 g/mol. The van der Waals surface area contributed by atoms with Crippen molar-refractivity contribution in [2.24, 2.45) is 0 Å². The number of thiol groups is 1. The SMILES string of the molecule is CCCCC(CC)OC(=O)CS. The summed E-state index contributed by atoms with van der Waals surface area (Å²) in [5, 5.41) is 0. The molecule has 0 aliphatic rings. The zero-order valence-electron chi connectivity index (χ0n) is 7.88. The second kappa shape index (κ2) is 7.47. The fourth-order valence-electron chi connectivity index (χ4n) is 1.00. The summed E-state index contributed by atoms with van der Waals surface area (Å²) in [6, 6.07) is 0. The van der Waals surface area contributed by atoms with Gasteiger partial charge in [0.2, 0.25) is 0 Å². The number of rotatable bonds is 6. The van der Waals surface area contributed by atoms with Crippen molar-refractivity contribution >= 4 is 18.6 Å². The molecule has 0 spiro atoms. The van der Waals surface area contributed by atoms with Gasteiger partial charge in [0.25, 0.3) is 0 Å². The number of ether oxygens (including phenoxy) is 1. The van der Waals surface area contributed by atoms with Crippen LogP contribution in [0.25, 0.3) is 0 Å². The molecule has 1 atom stereocenters. The largest absolute Gasteiger partial charge is 0.462 e. The molecular formula is C9H18O2S. The third kappa shape index (κ3) is 5.47. The van der Waals surface area contributed by atoms with E-state index in [0.717, 1.165) is 25.7 Å². The minimum absolute atomic E-state index is 0.101. The molecule has 1 unspecified atom stereocenters. The van der Waals surface area contributed by atoms with E-state index in [4.69, 9.17) is 4.74 Å². The second-order valence-electron chi connectivity index (χ2n) is 2.82. The van der Waals surface area contributed by atoms with Crippen LogP contribution >= 0.6 is 12.6 Å². The predicted octanol–water partition coefficient (Wildman–Crippen LogP) is 2.43. The van der Waals surface area contributed by atoms with E-state index >= 15 is 0 Å². The summed E-state index contributed by atoms with van der Waals surface area (Å²) in [6.45, 7) is 4.17. The molecule has 0 amide bonds. The van der Waals surface area contributed by atoms with E-state index < -0.39 is 0 Å². The maximum atomic E-state index is 10.8. The van der Waals surface area contributed by atoms with Crippen molar-refractivity contribution in [3.63, 3.8) is 0 Å². The van der Waals surface area contributed by atoms with Gasteiger partial charge in [-0.3, -0.25) is 4.79 Å². The van der Waals surface area contributed by atoms with Crippen LogP contribution in [0.1, 0.15) is 39.5 Å². The molecule has 0 radical (unpaired) electrons. The fourth-order valence-corrected chi connectivity index (χ4v) is 1.08. The maximum absolute atomic E-state index is 10.8. The van der Waals surface area contributed by atoms with Gasteiger partial charge in [0.05, 0.1) is 5.75 Å². The lowest BCUT2D eigenvalue weighted by Crippen LogP contribution is -2.18. The van der Waals surface area contributed by atoms with Crippen LogP contribution in [0.3, 0.4) is 0 Å². The first-order valence-electron chi connectivity index (χ1n) is 4.54. The molecule has 0 heterocycles. The summed E-state index contributed by atoms with van der Waals surface area (Å²) < 4.78 is 5.14. The highest BCUT2D eigenvalue weighted by molar-refractivity contribution is 7.81. The van der Waals surface area contributed by atoms with Gasteiger partial charge in [-0.2, -0.15) is 12.6 Å². The van der Waals surface area contributed by atoms with E-state index in [-0.39, 0.29) is 17.8 Å². The highest BCUT2D eigenvalue weighted by atomic mass is 32.1. The predicted molar refractivity (Wildman–Crippen MR) is 53.5 cm³/mol. The van der Waals surface area contributed by atoms with Gasteiger partial charge < -0.3 is 4.74 Å². The Morgan fingerprint density at radius 2 is 2.17 bits per heavy atom. The van der Waals surface area contributed by atoms with Gasteiger partial charge in [-0.25, -0.2) is 0 Å². The quantitative estimate of drug-likeness (QED) is 0.514. The number of hydrogen-bond donors (Lipinski definition) is 1. The molecule has 0 N–H and O–H groups in total. The molecule has 0 aromatic carbocycles. The van der Waals surface area contributed by atoms with Gasteiger partial charge in [0.15, 0.2) is 0 Å². The molecule has 0 saturated heterocycles. The van der Waals surface area contributed by atoms with Crippen LogP contribution in [-0.2, 0) is 9.53 Å². The Kier molecular flexibility index (Phi) is 7.36. The molecule has 0 rings (SSSR count). The van der Waals surface area contributed by atoms with Crippen molar-refractivity contribution in [2.45, 2.75) is 45.6 Å². The molecule has 0 aliphatic heterocycles. The molecule has 0 aromatic heterocycles. The van der Waals surface area contributed by atoms with E-state index in [1.54, 1.807) is 0 Å². The Morgan fingerprint density at radius 3 is 2.58 bits per heavy atom. The summed E-state index contributed by atoms with van der Waals surface area (Å²) in [4.78, 5) is 10.8. The Hall–Kier alpha value is -0.180. The third-order valence-corrected chi connectivity index (χ3v) is 2.02. The van der Waals surface area contributed by atoms with Crippen molar-refractivity contribution in [1.82, 2.24) is 0 Å². The average molecular weight is 190 g/mol. The topological polar surface area (TPSA) is 26.3 Å². The third-order valence-electron chi connectivity index (χ3n) is 1.76. The van der Waals surface area contributed by atoms with Gasteiger partial charge in [0.1, 0.15) is 6.10 Å². The number of esters is 1. The van der Waals surface area contributed by atoms with Crippen molar-refractivity contribution < 1.29 is 9.53 Å². The van der Waals surface area contributed by atoms with Gasteiger partial charge in [-0.15, -0.1) is 0 Å². The first-order chi connectivity index (χ1) is 5.74. The second-order valence-corrected chi connectivity index (χ2v) is 3.14. The van der Waals surface area contributed by atoms with Crippen LogP contribution in [0.5, 0.6) is 0 Å². The van der Waals surface area contributed by atoms with Gasteiger partial charge in [0, 0.05) is 0 Å². The first kappa shape index (κ1) is 11.8. The van der Waals surface area contributed by atoms with Crippen molar-refractivity contribution in [2.75, 3.05) is 5.75 Å². The van der Waals surface area contributed by atoms with Crippen molar-refractivity contribution in [3.05, 3.63) is 0 Å². The first-order valence-corrected chi connectivity index (χ1v) is 5.18. The molecule has 0 saturated carbocycles. The minimum atomic E-state index is -0.207. The van der Waals surface area contributed by atoms with Crippen LogP contribution in [0.4, 0.5) is 0 Å². The Balaban J connectivity index is 3.59. The zero-order valence-corrected chi connectivity index (χ0v) is 8.77. The average Bonchev–Trinajstić information content (AvgIpc) is 2.11. The summed E-state index contributed by atoms with van der Waals surface area (Å²) in [6.07, 6.45) is 4.25. The molecule has 0 aromatic rings. The highest BCUT2D eigenvalue weighted by Crippen LogP contribution is 2.08. The van der Waals surface area contributed by atoms with Crippen LogP contribution < -0.4 is 0 Å². The molecule has 2 nitrogen and oxygen atoms in total. The summed E-state index contributed by atoms with van der Waals surface area (Å²) in [5.74, 6) is -0.0240. The maximum Gasteiger partial charge on any atom is 0.315 e. The van der Waals surface area contributed by atoms with Crippen molar-refractivity contribution in [1.29, 1.82) is 0 Å². The van der Waals surface area contributed by atoms with E-state index in [9.17, 15) is 4.79 Å². The molecule has 12 heavy (non-hydrogen) atoms. The Bertz CT molecular complexity index is 126. The summed E-state index contributed by atoms with van der Waals surface area (Å²) in [7, 11) is 0. The van der Waals surface area contributed by atoms with Crippen LogP contribution in [-0.4, -0.2) is 17.8 Å². The lowest BCUT2D eigenvalue weighted by molar-refractivity contribution is -0.146. The standard InChI is InChI=1S/C9H18O2S/c1-3-5-6-8(4-2)11-9(10)7-12/h8,12H,3-7H2,1-2H3. The fraction of sp³-hybridized carbons (Fsp3) is 0.889. The van der Waals surface area contributed by atoms with Gasteiger partial charge in [-0.1, -0.05) is 26.7 Å². The molecule has 0 bridgehead atoms. The van der Waals surface area contributed by atoms with E-state index in [2.05, 4.69) is 19.6 Å². The molecule has 72 valence electrons. The Labute approximate surface area is 80.1 Å². The van der Waals surface area contributed by atoms with Crippen LogP contribution in [0.15, 0.2) is 0 Å². The lowest BCUT2D eigenvalue weighted by Gasteiger charge is -2.14. The van der Waals surface area contributed by atoms with E-state index in [0.29, 0.717) is 0 Å². The minimum Gasteiger partial charge on any atom is -0.462 e. The number of unbranched alkanes of at least 4 members (excludes halogenated alkanes) is 1. The van der Waals surface area contributed by atoms with E-state index in [1.165, 1.54) is 0 Å². The number of hydrogen-bond acceptors (Lipinski definition) is 3. The normalized spacial score (nSPS) is 12.6. The zero-order chi connectivity index (χ0) is 9.40. The lowest BCUT2D eigenvalue weighted by atomic mass is 10.1. The van der Waals surface area contributed by atoms with Crippen LogP contribution in [0.2, 0.25) is 0 Å². The molecule has 0 aliphatic carbocycles. The van der Waals surface area contributed by atoms with Gasteiger partial charge in [-0.05, 0) is 12.8 Å². The number of carbonyl (C=O) groups excluding carboxylic acids is 1. The van der Waals surface area contributed by atoms with Gasteiger partial charge >= 0.3 is 5.97 Å². The highest BCUT2D eigenvalue weighted by Gasteiger charge is 2.09. The Morgan fingerprint density at radius 1 is 1.50 bits per heavy atom. The summed E-state index contributed by atoms with van der Waals surface area (Å²) >= 11 is 3.85. The molecule has 0 fully saturated rings.